The van der Waals surface area contributed by atoms with Crippen LogP contribution >= 0.6 is 0 Å². The number of ether oxygens (including phenoxy) is 2. The van der Waals surface area contributed by atoms with Crippen LogP contribution in [-0.4, -0.2) is 12.6 Å². The van der Waals surface area contributed by atoms with Gasteiger partial charge in [0.25, 0.3) is 0 Å². The smallest absolute Gasteiger partial charge is 0.349 e. The molecular weight excluding hydrogens is 491 g/mol. The van der Waals surface area contributed by atoms with E-state index in [4.69, 9.17) is 14.7 Å². The number of nitrogens with zero attached hydrogens (tertiary/aromatic N) is 1. The molecule has 38 heavy (non-hydrogen) atoms. The summed E-state index contributed by atoms with van der Waals surface area (Å²) in [7, 11) is 0. The van der Waals surface area contributed by atoms with Gasteiger partial charge in [-0.25, -0.2) is 18.0 Å². The highest BCUT2D eigenvalue weighted by Gasteiger charge is 2.31. The topological polar surface area (TPSA) is 59.3 Å². The Balaban J connectivity index is 1.25. The van der Waals surface area contributed by atoms with Gasteiger partial charge in [-0.2, -0.15) is 5.26 Å². The molecule has 2 aliphatic rings. The Kier molecular flexibility index (Phi) is 9.71. The lowest BCUT2D eigenvalue weighted by molar-refractivity contribution is 0.0724. The highest BCUT2D eigenvalue weighted by Crippen LogP contribution is 2.42. The molecule has 2 aromatic carbocycles. The Bertz CT molecular complexity index is 1120. The van der Waals surface area contributed by atoms with Gasteiger partial charge in [0.1, 0.15) is 40.6 Å². The largest absolute Gasteiger partial charge is 0.493 e. The lowest BCUT2D eigenvalue weighted by Crippen LogP contribution is -2.27. The van der Waals surface area contributed by atoms with Crippen molar-refractivity contribution in [3.05, 3.63) is 58.9 Å². The summed E-state index contributed by atoms with van der Waals surface area (Å²) < 4.78 is 53.7. The van der Waals surface area contributed by atoms with E-state index in [1.807, 2.05) is 0 Å². The lowest BCUT2D eigenvalue weighted by atomic mass is 9.69. The predicted molar refractivity (Wildman–Crippen MR) is 138 cm³/mol. The number of unbranched alkanes of at least 4 members (excludes halogenated alkanes) is 1. The molecular formula is C31H36F3NO3. The first-order valence-electron chi connectivity index (χ1n) is 13.9. The van der Waals surface area contributed by atoms with Crippen LogP contribution in [0.2, 0.25) is 0 Å². The molecule has 0 spiro atoms. The van der Waals surface area contributed by atoms with Crippen LogP contribution in [0.1, 0.15) is 93.5 Å². The molecule has 0 unspecified atom stereocenters. The summed E-state index contributed by atoms with van der Waals surface area (Å²) in [5.41, 5.74) is -1.12. The third-order valence-corrected chi connectivity index (χ3v) is 8.39. The van der Waals surface area contributed by atoms with Crippen LogP contribution in [-0.2, 0) is 0 Å². The van der Waals surface area contributed by atoms with Crippen molar-refractivity contribution in [1.29, 1.82) is 5.26 Å². The van der Waals surface area contributed by atoms with E-state index in [1.54, 1.807) is 6.07 Å². The Labute approximate surface area is 223 Å². The van der Waals surface area contributed by atoms with Crippen LogP contribution in [0.5, 0.6) is 11.5 Å². The van der Waals surface area contributed by atoms with Crippen LogP contribution in [0.4, 0.5) is 13.2 Å². The van der Waals surface area contributed by atoms with Crippen molar-refractivity contribution in [3.63, 3.8) is 0 Å². The van der Waals surface area contributed by atoms with Gasteiger partial charge < -0.3 is 9.47 Å². The van der Waals surface area contributed by atoms with E-state index in [2.05, 4.69) is 6.92 Å². The molecule has 0 aromatic heterocycles. The minimum absolute atomic E-state index is 0.0218. The highest BCUT2D eigenvalue weighted by molar-refractivity contribution is 5.91. The zero-order valence-electron chi connectivity index (χ0n) is 22.0. The van der Waals surface area contributed by atoms with Crippen LogP contribution in [0, 0.1) is 52.5 Å². The van der Waals surface area contributed by atoms with E-state index in [-0.39, 0.29) is 17.1 Å². The average molecular weight is 528 g/mol. The van der Waals surface area contributed by atoms with Gasteiger partial charge in [-0.1, -0.05) is 39.0 Å². The fourth-order valence-corrected chi connectivity index (χ4v) is 6.12. The minimum Gasteiger partial charge on any atom is -0.493 e. The summed E-state index contributed by atoms with van der Waals surface area (Å²) in [6, 6.07) is 6.71. The van der Waals surface area contributed by atoms with Crippen LogP contribution in [0.3, 0.4) is 0 Å². The summed E-state index contributed by atoms with van der Waals surface area (Å²) in [5, 5.41) is 8.78. The molecule has 4 nitrogen and oxygen atoms in total. The van der Waals surface area contributed by atoms with Gasteiger partial charge in [-0.3, -0.25) is 0 Å². The molecule has 204 valence electrons. The van der Waals surface area contributed by atoms with E-state index < -0.39 is 29.0 Å². The first-order valence-corrected chi connectivity index (χ1v) is 13.9. The van der Waals surface area contributed by atoms with E-state index in [0.29, 0.717) is 12.5 Å². The molecule has 2 aliphatic carbocycles. The molecule has 0 radical (unpaired) electrons. The minimum atomic E-state index is -1.30. The van der Waals surface area contributed by atoms with Crippen LogP contribution in [0.25, 0.3) is 0 Å². The third kappa shape index (κ3) is 7.09. The second kappa shape index (κ2) is 13.2. The second-order valence-electron chi connectivity index (χ2n) is 10.9. The Morgan fingerprint density at radius 1 is 0.868 bits per heavy atom. The number of hydrogen-bond acceptors (Lipinski definition) is 4. The van der Waals surface area contributed by atoms with Crippen LogP contribution in [0.15, 0.2) is 30.3 Å². The standard InChI is InChI=1S/C31H36F3NO3/c1-2-3-4-20-5-9-22(10-6-20)23-11-7-21(8-12-23)19-37-26-16-28(33)30(29(34)17-26)31(36)38-25-14-13-24(18-35)27(32)15-25/h13-17,20-23H,2-12,19H2,1H3. The van der Waals surface area contributed by atoms with Crippen molar-refractivity contribution in [2.24, 2.45) is 23.7 Å². The van der Waals surface area contributed by atoms with Gasteiger partial charge in [0.15, 0.2) is 0 Å². The molecule has 2 saturated carbocycles. The number of carbonyl (C=O) groups excluding carboxylic acids is 1. The molecule has 2 fully saturated rings. The maximum absolute atomic E-state index is 14.6. The van der Waals surface area contributed by atoms with Crippen LogP contribution < -0.4 is 9.47 Å². The molecule has 0 heterocycles. The maximum atomic E-state index is 14.6. The van der Waals surface area contributed by atoms with E-state index in [9.17, 15) is 18.0 Å². The molecule has 0 amide bonds. The van der Waals surface area contributed by atoms with Crippen molar-refractivity contribution >= 4 is 5.97 Å². The molecule has 0 atom stereocenters. The number of benzene rings is 2. The van der Waals surface area contributed by atoms with Crippen molar-refractivity contribution in [1.82, 2.24) is 0 Å². The van der Waals surface area contributed by atoms with Gasteiger partial charge in [0.05, 0.1) is 12.2 Å². The van der Waals surface area contributed by atoms with E-state index in [0.717, 1.165) is 54.9 Å². The maximum Gasteiger partial charge on any atom is 0.349 e. The summed E-state index contributed by atoms with van der Waals surface area (Å²) in [5.74, 6) is -1.78. The van der Waals surface area contributed by atoms with Gasteiger partial charge in [0.2, 0.25) is 0 Å². The Morgan fingerprint density at radius 3 is 2.00 bits per heavy atom. The van der Waals surface area contributed by atoms with Crippen molar-refractivity contribution in [2.45, 2.75) is 77.6 Å². The second-order valence-corrected chi connectivity index (χ2v) is 10.9. The molecule has 0 aliphatic heterocycles. The number of hydrogen-bond donors (Lipinski definition) is 0. The SMILES string of the molecule is CCCCC1CCC(C2CCC(COc3cc(F)c(C(=O)Oc4ccc(C#N)c(F)c4)c(F)c3)CC2)CC1. The van der Waals surface area contributed by atoms with Gasteiger partial charge in [-0.15, -0.1) is 0 Å². The number of nitriles is 1. The molecule has 0 bridgehead atoms. The number of esters is 1. The Morgan fingerprint density at radius 2 is 1.45 bits per heavy atom. The fourth-order valence-electron chi connectivity index (χ4n) is 6.12. The summed E-state index contributed by atoms with van der Waals surface area (Å²) in [6.07, 6.45) is 13.9. The highest BCUT2D eigenvalue weighted by atomic mass is 19.1. The molecule has 2 aromatic rings. The number of carbonyl (C=O) groups is 1. The third-order valence-electron chi connectivity index (χ3n) is 8.39. The molecule has 7 heteroatoms. The normalized spacial score (nSPS) is 23.4. The predicted octanol–water partition coefficient (Wildman–Crippen LogP) is 8.38. The Hall–Kier alpha value is -3.01. The summed E-state index contributed by atoms with van der Waals surface area (Å²) in [6.45, 7) is 2.64. The number of halogens is 3. The monoisotopic (exact) mass is 527 g/mol. The first kappa shape index (κ1) is 28.0. The van der Waals surface area contributed by atoms with Gasteiger partial charge >= 0.3 is 5.97 Å². The van der Waals surface area contributed by atoms with E-state index >= 15 is 0 Å². The lowest BCUT2D eigenvalue weighted by Gasteiger charge is -2.38. The number of rotatable bonds is 9. The zero-order valence-corrected chi connectivity index (χ0v) is 22.0. The first-order chi connectivity index (χ1) is 18.4. The summed E-state index contributed by atoms with van der Waals surface area (Å²) >= 11 is 0. The van der Waals surface area contributed by atoms with Crippen molar-refractivity contribution < 1.29 is 27.4 Å². The van der Waals surface area contributed by atoms with Gasteiger partial charge in [-0.05, 0) is 74.3 Å². The fraction of sp³-hybridized carbons (Fsp3) is 0.548. The van der Waals surface area contributed by atoms with Crippen molar-refractivity contribution in [3.8, 4) is 17.6 Å². The zero-order chi connectivity index (χ0) is 27.1. The quantitative estimate of drug-likeness (QED) is 0.243. The van der Waals surface area contributed by atoms with E-state index in [1.165, 1.54) is 63.9 Å². The molecule has 4 rings (SSSR count). The summed E-state index contributed by atoms with van der Waals surface area (Å²) in [4.78, 5) is 12.3. The van der Waals surface area contributed by atoms with Gasteiger partial charge in [0, 0.05) is 18.2 Å². The molecule has 0 N–H and O–H groups in total. The molecule has 0 saturated heterocycles. The average Bonchev–Trinajstić information content (AvgIpc) is 2.91. The van der Waals surface area contributed by atoms with Crippen molar-refractivity contribution in [2.75, 3.05) is 6.61 Å².